The van der Waals surface area contributed by atoms with Crippen LogP contribution >= 0.6 is 10.7 Å². The summed E-state index contributed by atoms with van der Waals surface area (Å²) in [7, 11) is 3.39. The van der Waals surface area contributed by atoms with Gasteiger partial charge in [0, 0.05) is 10.7 Å². The third kappa shape index (κ3) is 2.60. The van der Waals surface area contributed by atoms with Crippen LogP contribution in [0.5, 0.6) is 5.75 Å². The lowest BCUT2D eigenvalue weighted by atomic mass is 10.1. The van der Waals surface area contributed by atoms with Crippen molar-refractivity contribution in [2.45, 2.75) is 12.2 Å². The maximum absolute atomic E-state index is 11.3. The first-order chi connectivity index (χ1) is 8.41. The zero-order valence-electron chi connectivity index (χ0n) is 10.1. The molecule has 3 nitrogen and oxygen atoms in total. The van der Waals surface area contributed by atoms with Crippen LogP contribution in [0.1, 0.15) is 17.7 Å². The summed E-state index contributed by atoms with van der Waals surface area (Å²) in [6.07, 6.45) is 0. The van der Waals surface area contributed by atoms with Gasteiger partial charge in [-0.25, -0.2) is 8.42 Å². The summed E-state index contributed by atoms with van der Waals surface area (Å²) in [5.41, 5.74) is 0.683. The van der Waals surface area contributed by atoms with Crippen LogP contribution in [-0.2, 0) is 9.05 Å². The Hall–Kier alpha value is -1.26. The molecule has 2 rings (SSSR count). The summed E-state index contributed by atoms with van der Waals surface area (Å²) in [6, 6.07) is 11.1. The lowest BCUT2D eigenvalue weighted by Gasteiger charge is -2.10. The molecule has 2 aromatic carbocycles. The monoisotopic (exact) mass is 284 g/mol. The Kier molecular flexibility index (Phi) is 3.50. The third-order valence-corrected chi connectivity index (χ3v) is 4.88. The van der Waals surface area contributed by atoms with Crippen LogP contribution in [0.2, 0.25) is 0 Å². The van der Waals surface area contributed by atoms with E-state index >= 15 is 0 Å². The molecule has 0 spiro atoms. The molecule has 0 saturated carbocycles. The van der Waals surface area contributed by atoms with Crippen LogP contribution in [0.3, 0.4) is 0 Å². The molecule has 0 amide bonds. The Balaban J connectivity index is 2.52. The lowest BCUT2D eigenvalue weighted by molar-refractivity contribution is 0.415. The Bertz CT molecular complexity index is 680. The highest BCUT2D eigenvalue weighted by Crippen LogP contribution is 2.29. The molecule has 0 fully saturated rings. The maximum atomic E-state index is 11.3. The summed E-state index contributed by atoms with van der Waals surface area (Å²) in [5.74, 6) is 0.772. The highest BCUT2D eigenvalue weighted by atomic mass is 35.7. The van der Waals surface area contributed by atoms with Crippen molar-refractivity contribution in [3.63, 3.8) is 0 Å². The van der Waals surface area contributed by atoms with Gasteiger partial charge in [0.05, 0.1) is 12.4 Å². The number of fused-ring (bicyclic) bond motifs is 1. The van der Waals surface area contributed by atoms with Crippen LogP contribution in [0.25, 0.3) is 10.8 Å². The van der Waals surface area contributed by atoms with E-state index < -0.39 is 14.3 Å². The summed E-state index contributed by atoms with van der Waals surface area (Å²) < 4.78 is 27.8. The van der Waals surface area contributed by atoms with E-state index in [1.54, 1.807) is 20.1 Å². The van der Waals surface area contributed by atoms with Crippen molar-refractivity contribution in [2.24, 2.45) is 0 Å². The van der Waals surface area contributed by atoms with E-state index in [-0.39, 0.29) is 0 Å². The van der Waals surface area contributed by atoms with Gasteiger partial charge in [0.15, 0.2) is 0 Å². The molecule has 0 saturated heterocycles. The number of methoxy groups -OCH3 is 1. The molecular weight excluding hydrogens is 272 g/mol. The molecule has 1 atom stereocenters. The minimum atomic E-state index is -3.59. The molecule has 0 aliphatic carbocycles. The van der Waals surface area contributed by atoms with E-state index in [0.717, 1.165) is 16.5 Å². The van der Waals surface area contributed by atoms with Crippen LogP contribution in [0, 0.1) is 0 Å². The van der Waals surface area contributed by atoms with Gasteiger partial charge in [-0.2, -0.15) is 0 Å². The Morgan fingerprint density at radius 1 is 1.11 bits per heavy atom. The quantitative estimate of drug-likeness (QED) is 0.811. The van der Waals surface area contributed by atoms with Gasteiger partial charge in [0.2, 0.25) is 9.05 Å². The summed E-state index contributed by atoms with van der Waals surface area (Å²) in [6.45, 7) is 1.58. The molecule has 0 aromatic heterocycles. The number of benzene rings is 2. The van der Waals surface area contributed by atoms with E-state index in [1.165, 1.54) is 0 Å². The van der Waals surface area contributed by atoms with Crippen LogP contribution in [0.4, 0.5) is 0 Å². The topological polar surface area (TPSA) is 43.4 Å². The normalized spacial score (nSPS) is 13.5. The first-order valence-corrected chi connectivity index (χ1v) is 7.80. The highest BCUT2D eigenvalue weighted by molar-refractivity contribution is 8.13. The van der Waals surface area contributed by atoms with Crippen molar-refractivity contribution in [1.82, 2.24) is 0 Å². The maximum Gasteiger partial charge on any atom is 0.239 e. The molecule has 0 radical (unpaired) electrons. The SMILES string of the molecule is COc1ccc2cc(C(C)S(=O)(=O)Cl)ccc2c1. The van der Waals surface area contributed by atoms with E-state index in [4.69, 9.17) is 15.4 Å². The number of rotatable bonds is 3. The average molecular weight is 285 g/mol. The predicted molar refractivity (Wildman–Crippen MR) is 73.7 cm³/mol. The van der Waals surface area contributed by atoms with Crippen LogP contribution in [-0.4, -0.2) is 15.5 Å². The lowest BCUT2D eigenvalue weighted by Crippen LogP contribution is -2.02. The smallest absolute Gasteiger partial charge is 0.239 e. The molecule has 0 heterocycles. The second kappa shape index (κ2) is 4.78. The Morgan fingerprint density at radius 3 is 2.33 bits per heavy atom. The summed E-state index contributed by atoms with van der Waals surface area (Å²) >= 11 is 0. The standard InChI is InChI=1S/C13H13ClO3S/c1-9(18(14,15)16)10-3-4-12-8-13(17-2)6-5-11(12)7-10/h3-9H,1-2H3. The largest absolute Gasteiger partial charge is 0.497 e. The van der Waals surface area contributed by atoms with Gasteiger partial charge in [-0.15, -0.1) is 0 Å². The van der Waals surface area contributed by atoms with E-state index in [2.05, 4.69) is 0 Å². The molecule has 1 unspecified atom stereocenters. The molecule has 5 heteroatoms. The van der Waals surface area contributed by atoms with Gasteiger partial charge < -0.3 is 4.74 Å². The van der Waals surface area contributed by atoms with Crippen molar-refractivity contribution in [3.05, 3.63) is 42.0 Å². The predicted octanol–water partition coefficient (Wildman–Crippen LogP) is 3.48. The molecule has 2 aromatic rings. The van der Waals surface area contributed by atoms with Crippen molar-refractivity contribution in [3.8, 4) is 5.75 Å². The average Bonchev–Trinajstić information content (AvgIpc) is 2.35. The molecule has 0 aliphatic heterocycles. The van der Waals surface area contributed by atoms with Crippen molar-refractivity contribution in [2.75, 3.05) is 7.11 Å². The fraction of sp³-hybridized carbons (Fsp3) is 0.231. The number of hydrogen-bond donors (Lipinski definition) is 0. The summed E-state index contributed by atoms with van der Waals surface area (Å²) in [4.78, 5) is 0. The molecule has 18 heavy (non-hydrogen) atoms. The fourth-order valence-electron chi connectivity index (χ4n) is 1.78. The first kappa shape index (κ1) is 13.2. The second-order valence-corrected chi connectivity index (χ2v) is 7.04. The minimum Gasteiger partial charge on any atom is -0.497 e. The van der Waals surface area contributed by atoms with Crippen molar-refractivity contribution < 1.29 is 13.2 Å². The van der Waals surface area contributed by atoms with Gasteiger partial charge in [0.1, 0.15) is 5.75 Å². The Morgan fingerprint density at radius 2 is 1.72 bits per heavy atom. The Labute approximate surface area is 111 Å². The molecule has 0 aliphatic rings. The molecule has 0 N–H and O–H groups in total. The third-order valence-electron chi connectivity index (χ3n) is 2.96. The fourth-order valence-corrected chi connectivity index (χ4v) is 2.56. The summed E-state index contributed by atoms with van der Waals surface area (Å²) in [5, 5.41) is 1.24. The van der Waals surface area contributed by atoms with Gasteiger partial charge in [-0.05, 0) is 41.5 Å². The van der Waals surface area contributed by atoms with Crippen LogP contribution in [0.15, 0.2) is 36.4 Å². The van der Waals surface area contributed by atoms with Crippen molar-refractivity contribution >= 4 is 30.5 Å². The highest BCUT2D eigenvalue weighted by Gasteiger charge is 2.19. The number of hydrogen-bond acceptors (Lipinski definition) is 3. The number of ether oxygens (including phenoxy) is 1. The number of halogens is 1. The van der Waals surface area contributed by atoms with E-state index in [0.29, 0.717) is 5.56 Å². The second-order valence-electron chi connectivity index (χ2n) is 4.09. The first-order valence-electron chi connectivity index (χ1n) is 5.43. The molecule has 0 bridgehead atoms. The van der Waals surface area contributed by atoms with Gasteiger partial charge in [-0.3, -0.25) is 0 Å². The van der Waals surface area contributed by atoms with Gasteiger partial charge >= 0.3 is 0 Å². The minimum absolute atomic E-state index is 0.683. The zero-order valence-corrected chi connectivity index (χ0v) is 11.6. The van der Waals surface area contributed by atoms with Gasteiger partial charge in [0.25, 0.3) is 0 Å². The van der Waals surface area contributed by atoms with Crippen LogP contribution < -0.4 is 4.74 Å². The van der Waals surface area contributed by atoms with E-state index in [9.17, 15) is 8.42 Å². The van der Waals surface area contributed by atoms with Gasteiger partial charge in [-0.1, -0.05) is 18.2 Å². The van der Waals surface area contributed by atoms with E-state index in [1.807, 2.05) is 30.3 Å². The molecular formula is C13H13ClO3S. The zero-order chi connectivity index (χ0) is 13.3. The molecule has 96 valence electrons. The van der Waals surface area contributed by atoms with Crippen molar-refractivity contribution in [1.29, 1.82) is 0 Å².